The first-order chi connectivity index (χ1) is 7.86. The highest BCUT2D eigenvalue weighted by Gasteiger charge is 2.17. The average Bonchev–Trinajstić information content (AvgIpc) is 2.33. The zero-order valence-electron chi connectivity index (χ0n) is 10.4. The van der Waals surface area contributed by atoms with Gasteiger partial charge in [0.05, 0.1) is 0 Å². The number of hydrogen-bond acceptors (Lipinski definition) is 1. The maximum absolute atomic E-state index is 2.55. The van der Waals surface area contributed by atoms with Gasteiger partial charge in [0.1, 0.15) is 0 Å². The second-order valence-corrected chi connectivity index (χ2v) is 5.01. The van der Waals surface area contributed by atoms with Gasteiger partial charge in [0, 0.05) is 6.04 Å². The van der Waals surface area contributed by atoms with Crippen LogP contribution in [0.3, 0.4) is 0 Å². The summed E-state index contributed by atoms with van der Waals surface area (Å²) in [5, 5.41) is 0. The number of likely N-dealkylation sites (tertiary alicyclic amines) is 1. The summed E-state index contributed by atoms with van der Waals surface area (Å²) in [6.07, 6.45) is 8.17. The first-order valence-electron chi connectivity index (χ1n) is 6.60. The Labute approximate surface area is 99.5 Å². The van der Waals surface area contributed by atoms with Gasteiger partial charge in [-0.2, -0.15) is 0 Å². The lowest BCUT2D eigenvalue weighted by atomic mass is 9.96. The number of hydrogen-bond donors (Lipinski definition) is 0. The van der Waals surface area contributed by atoms with Crippen molar-refractivity contribution in [2.45, 2.75) is 44.6 Å². The third-order valence-corrected chi connectivity index (χ3v) is 3.77. The molecule has 1 atom stereocenters. The van der Waals surface area contributed by atoms with Crippen molar-refractivity contribution < 1.29 is 0 Å². The van der Waals surface area contributed by atoms with E-state index in [2.05, 4.69) is 42.3 Å². The van der Waals surface area contributed by atoms with E-state index in [9.17, 15) is 0 Å². The Kier molecular flexibility index (Phi) is 4.41. The molecule has 1 aromatic carbocycles. The van der Waals surface area contributed by atoms with Crippen molar-refractivity contribution in [1.29, 1.82) is 0 Å². The molecule has 16 heavy (non-hydrogen) atoms. The van der Waals surface area contributed by atoms with Gasteiger partial charge in [-0.25, -0.2) is 0 Å². The van der Waals surface area contributed by atoms with Crippen LogP contribution < -0.4 is 0 Å². The summed E-state index contributed by atoms with van der Waals surface area (Å²) in [5.41, 5.74) is 1.49. The van der Waals surface area contributed by atoms with Crippen LogP contribution in [0.1, 0.15) is 37.7 Å². The summed E-state index contributed by atoms with van der Waals surface area (Å²) in [4.78, 5) is 2.55. The van der Waals surface area contributed by atoms with Crippen molar-refractivity contribution in [3.05, 3.63) is 35.9 Å². The Morgan fingerprint density at radius 1 is 1.19 bits per heavy atom. The zero-order chi connectivity index (χ0) is 11.2. The predicted molar refractivity (Wildman–Crippen MR) is 69.6 cm³/mol. The van der Waals surface area contributed by atoms with Gasteiger partial charge < -0.3 is 4.90 Å². The van der Waals surface area contributed by atoms with Crippen molar-refractivity contribution >= 4 is 0 Å². The molecule has 0 amide bonds. The molecule has 2 rings (SSSR count). The maximum Gasteiger partial charge on any atom is 0.00923 e. The molecule has 1 aliphatic rings. The fourth-order valence-corrected chi connectivity index (χ4v) is 2.70. The second kappa shape index (κ2) is 6.05. The Hall–Kier alpha value is -0.820. The normalized spacial score (nSPS) is 22.2. The third kappa shape index (κ3) is 3.34. The van der Waals surface area contributed by atoms with Crippen LogP contribution in [-0.2, 0) is 6.42 Å². The van der Waals surface area contributed by atoms with Crippen molar-refractivity contribution in [3.8, 4) is 0 Å². The first kappa shape index (κ1) is 11.7. The van der Waals surface area contributed by atoms with Gasteiger partial charge in [-0.05, 0) is 51.3 Å². The lowest BCUT2D eigenvalue weighted by Gasteiger charge is -2.32. The van der Waals surface area contributed by atoms with Crippen molar-refractivity contribution in [1.82, 2.24) is 4.90 Å². The van der Waals surface area contributed by atoms with Gasteiger partial charge in [0.2, 0.25) is 0 Å². The maximum atomic E-state index is 2.55. The highest BCUT2D eigenvalue weighted by atomic mass is 15.1. The van der Waals surface area contributed by atoms with E-state index in [1.807, 2.05) is 0 Å². The largest absolute Gasteiger partial charge is 0.303 e. The van der Waals surface area contributed by atoms with E-state index in [0.717, 1.165) is 6.04 Å². The summed E-state index contributed by atoms with van der Waals surface area (Å²) in [6, 6.07) is 11.7. The summed E-state index contributed by atoms with van der Waals surface area (Å²) >= 11 is 0. The molecule has 0 aliphatic carbocycles. The minimum Gasteiger partial charge on any atom is -0.303 e. The van der Waals surface area contributed by atoms with Crippen LogP contribution in [-0.4, -0.2) is 24.5 Å². The highest BCUT2D eigenvalue weighted by Crippen LogP contribution is 2.19. The average molecular weight is 217 g/mol. The number of rotatable bonds is 4. The first-order valence-corrected chi connectivity index (χ1v) is 6.60. The standard InChI is InChI=1S/C15H23N/c1-16-13-6-5-11-15(16)12-7-10-14-8-3-2-4-9-14/h2-4,8-9,15H,5-7,10-13H2,1H3/t15-/m1/s1. The van der Waals surface area contributed by atoms with Gasteiger partial charge in [-0.15, -0.1) is 0 Å². The van der Waals surface area contributed by atoms with E-state index < -0.39 is 0 Å². The van der Waals surface area contributed by atoms with Crippen LogP contribution in [0.4, 0.5) is 0 Å². The third-order valence-electron chi connectivity index (χ3n) is 3.77. The molecule has 0 aromatic heterocycles. The summed E-state index contributed by atoms with van der Waals surface area (Å²) < 4.78 is 0. The Balaban J connectivity index is 1.71. The summed E-state index contributed by atoms with van der Waals surface area (Å²) in [5.74, 6) is 0. The minimum atomic E-state index is 0.845. The topological polar surface area (TPSA) is 3.24 Å². The zero-order valence-corrected chi connectivity index (χ0v) is 10.4. The molecule has 0 bridgehead atoms. The molecule has 1 nitrogen and oxygen atoms in total. The van der Waals surface area contributed by atoms with Crippen LogP contribution in [0, 0.1) is 0 Å². The Morgan fingerprint density at radius 3 is 2.75 bits per heavy atom. The quantitative estimate of drug-likeness (QED) is 0.746. The smallest absolute Gasteiger partial charge is 0.00923 e. The van der Waals surface area contributed by atoms with Crippen LogP contribution in [0.15, 0.2) is 30.3 Å². The SMILES string of the molecule is CN1CCCC[C@@H]1CCCc1ccccc1. The van der Waals surface area contributed by atoms with E-state index in [4.69, 9.17) is 0 Å². The minimum absolute atomic E-state index is 0.845. The van der Waals surface area contributed by atoms with Crippen LogP contribution in [0.5, 0.6) is 0 Å². The van der Waals surface area contributed by atoms with Gasteiger partial charge in [0.25, 0.3) is 0 Å². The summed E-state index contributed by atoms with van der Waals surface area (Å²) in [7, 11) is 2.28. The molecule has 0 spiro atoms. The highest BCUT2D eigenvalue weighted by molar-refractivity contribution is 5.14. The fraction of sp³-hybridized carbons (Fsp3) is 0.600. The molecule has 0 unspecified atom stereocenters. The second-order valence-electron chi connectivity index (χ2n) is 5.01. The summed E-state index contributed by atoms with van der Waals surface area (Å²) in [6.45, 7) is 1.30. The fourth-order valence-electron chi connectivity index (χ4n) is 2.70. The van der Waals surface area contributed by atoms with Crippen molar-refractivity contribution in [2.75, 3.05) is 13.6 Å². The van der Waals surface area contributed by atoms with E-state index in [1.54, 1.807) is 0 Å². The van der Waals surface area contributed by atoms with Crippen LogP contribution in [0.25, 0.3) is 0 Å². The molecule has 1 heterocycles. The molecule has 1 saturated heterocycles. The monoisotopic (exact) mass is 217 g/mol. The Bertz CT molecular complexity index is 294. The van der Waals surface area contributed by atoms with Crippen molar-refractivity contribution in [2.24, 2.45) is 0 Å². The molecule has 0 N–H and O–H groups in total. The van der Waals surface area contributed by atoms with Gasteiger partial charge in [-0.1, -0.05) is 36.8 Å². The number of benzene rings is 1. The molecule has 1 heteroatoms. The van der Waals surface area contributed by atoms with Crippen LogP contribution >= 0.6 is 0 Å². The van der Waals surface area contributed by atoms with E-state index in [0.29, 0.717) is 0 Å². The molecule has 1 aromatic rings. The van der Waals surface area contributed by atoms with E-state index in [-0.39, 0.29) is 0 Å². The lowest BCUT2D eigenvalue weighted by molar-refractivity contribution is 0.174. The number of nitrogens with zero attached hydrogens (tertiary/aromatic N) is 1. The van der Waals surface area contributed by atoms with E-state index in [1.165, 1.54) is 50.6 Å². The van der Waals surface area contributed by atoms with Gasteiger partial charge >= 0.3 is 0 Å². The number of aryl methyl sites for hydroxylation is 1. The van der Waals surface area contributed by atoms with Gasteiger partial charge in [0.15, 0.2) is 0 Å². The molecule has 88 valence electrons. The molecule has 1 aliphatic heterocycles. The molecule has 0 radical (unpaired) electrons. The number of piperidine rings is 1. The van der Waals surface area contributed by atoms with Crippen LogP contribution in [0.2, 0.25) is 0 Å². The van der Waals surface area contributed by atoms with E-state index >= 15 is 0 Å². The predicted octanol–water partition coefficient (Wildman–Crippen LogP) is 3.49. The molecule has 1 fully saturated rings. The Morgan fingerprint density at radius 2 is 2.00 bits per heavy atom. The van der Waals surface area contributed by atoms with Gasteiger partial charge in [-0.3, -0.25) is 0 Å². The molecular formula is C15H23N. The molecular weight excluding hydrogens is 194 g/mol. The molecule has 0 saturated carbocycles. The lowest BCUT2D eigenvalue weighted by Crippen LogP contribution is -2.36. The van der Waals surface area contributed by atoms with Crippen molar-refractivity contribution in [3.63, 3.8) is 0 Å².